The number of ether oxygens (including phenoxy) is 1. The van der Waals surface area contributed by atoms with Crippen LogP contribution in [-0.2, 0) is 0 Å². The van der Waals surface area contributed by atoms with E-state index in [0.717, 1.165) is 18.0 Å². The SMILES string of the molecule is CC(CCCl)Nc1ncccc1OC(C)C. The van der Waals surface area contributed by atoms with Crippen molar-refractivity contribution in [2.24, 2.45) is 0 Å². The van der Waals surface area contributed by atoms with Gasteiger partial charge in [0.2, 0.25) is 0 Å². The Morgan fingerprint density at radius 2 is 2.19 bits per heavy atom. The highest BCUT2D eigenvalue weighted by atomic mass is 35.5. The van der Waals surface area contributed by atoms with Crippen molar-refractivity contribution >= 4 is 17.4 Å². The molecule has 1 N–H and O–H groups in total. The topological polar surface area (TPSA) is 34.2 Å². The molecular formula is C12H19ClN2O. The second-order valence-electron chi connectivity index (χ2n) is 4.04. The lowest BCUT2D eigenvalue weighted by Crippen LogP contribution is -2.18. The molecule has 1 aromatic heterocycles. The number of alkyl halides is 1. The van der Waals surface area contributed by atoms with Gasteiger partial charge in [0.25, 0.3) is 0 Å². The third kappa shape index (κ3) is 4.27. The molecule has 1 unspecified atom stereocenters. The molecule has 0 spiro atoms. The van der Waals surface area contributed by atoms with Gasteiger partial charge in [0.1, 0.15) is 0 Å². The number of halogens is 1. The fourth-order valence-corrected chi connectivity index (χ4v) is 1.64. The van der Waals surface area contributed by atoms with Gasteiger partial charge in [-0.3, -0.25) is 0 Å². The molecule has 0 fully saturated rings. The van der Waals surface area contributed by atoms with Crippen molar-refractivity contribution in [2.45, 2.75) is 39.3 Å². The quantitative estimate of drug-likeness (QED) is 0.778. The highest BCUT2D eigenvalue weighted by Crippen LogP contribution is 2.23. The average molecular weight is 243 g/mol. The summed E-state index contributed by atoms with van der Waals surface area (Å²) in [5.74, 6) is 2.22. The number of nitrogens with one attached hydrogen (secondary N) is 1. The van der Waals surface area contributed by atoms with E-state index in [9.17, 15) is 0 Å². The predicted molar refractivity (Wildman–Crippen MR) is 68.4 cm³/mol. The van der Waals surface area contributed by atoms with Gasteiger partial charge in [-0.1, -0.05) is 0 Å². The Labute approximate surface area is 102 Å². The molecule has 0 aliphatic rings. The van der Waals surface area contributed by atoms with E-state index in [1.54, 1.807) is 6.20 Å². The van der Waals surface area contributed by atoms with Gasteiger partial charge in [-0.15, -0.1) is 11.6 Å². The maximum absolute atomic E-state index is 5.70. The van der Waals surface area contributed by atoms with Gasteiger partial charge in [0.15, 0.2) is 11.6 Å². The van der Waals surface area contributed by atoms with Gasteiger partial charge < -0.3 is 10.1 Å². The molecule has 0 radical (unpaired) electrons. The van der Waals surface area contributed by atoms with Crippen molar-refractivity contribution in [3.63, 3.8) is 0 Å². The maximum atomic E-state index is 5.70. The van der Waals surface area contributed by atoms with Crippen molar-refractivity contribution in [1.29, 1.82) is 0 Å². The Kier molecular flexibility index (Phi) is 5.39. The molecule has 0 amide bonds. The number of anilines is 1. The molecular weight excluding hydrogens is 224 g/mol. The van der Waals surface area contributed by atoms with E-state index in [0.29, 0.717) is 11.9 Å². The van der Waals surface area contributed by atoms with Crippen LogP contribution in [0.1, 0.15) is 27.2 Å². The molecule has 16 heavy (non-hydrogen) atoms. The van der Waals surface area contributed by atoms with Gasteiger partial charge in [-0.25, -0.2) is 4.98 Å². The largest absolute Gasteiger partial charge is 0.487 e. The summed E-state index contributed by atoms with van der Waals surface area (Å²) in [6, 6.07) is 4.08. The molecule has 1 rings (SSSR count). The third-order valence-electron chi connectivity index (χ3n) is 2.06. The lowest BCUT2D eigenvalue weighted by molar-refractivity contribution is 0.242. The number of rotatable bonds is 6. The van der Waals surface area contributed by atoms with Crippen LogP contribution in [0.2, 0.25) is 0 Å². The monoisotopic (exact) mass is 242 g/mol. The van der Waals surface area contributed by atoms with Crippen molar-refractivity contribution in [1.82, 2.24) is 4.98 Å². The van der Waals surface area contributed by atoms with Crippen molar-refractivity contribution in [3.8, 4) is 5.75 Å². The van der Waals surface area contributed by atoms with Gasteiger partial charge >= 0.3 is 0 Å². The van der Waals surface area contributed by atoms with Crippen LogP contribution >= 0.6 is 11.6 Å². The molecule has 0 saturated heterocycles. The van der Waals surface area contributed by atoms with Crippen LogP contribution in [-0.4, -0.2) is 23.0 Å². The van der Waals surface area contributed by atoms with Crippen LogP contribution in [0.25, 0.3) is 0 Å². The molecule has 0 aromatic carbocycles. The number of nitrogens with zero attached hydrogens (tertiary/aromatic N) is 1. The minimum Gasteiger partial charge on any atom is -0.487 e. The highest BCUT2D eigenvalue weighted by Gasteiger charge is 2.08. The molecule has 0 aliphatic carbocycles. The van der Waals surface area contributed by atoms with E-state index in [4.69, 9.17) is 16.3 Å². The second kappa shape index (κ2) is 6.59. The molecule has 4 heteroatoms. The number of aromatic nitrogens is 1. The zero-order valence-corrected chi connectivity index (χ0v) is 10.8. The Morgan fingerprint density at radius 1 is 1.44 bits per heavy atom. The van der Waals surface area contributed by atoms with E-state index in [1.807, 2.05) is 26.0 Å². The predicted octanol–water partition coefficient (Wildman–Crippen LogP) is 3.30. The van der Waals surface area contributed by atoms with E-state index in [-0.39, 0.29) is 6.10 Å². The lowest BCUT2D eigenvalue weighted by atomic mass is 10.2. The molecule has 1 heterocycles. The van der Waals surface area contributed by atoms with Crippen LogP contribution in [0.3, 0.4) is 0 Å². The van der Waals surface area contributed by atoms with Crippen LogP contribution in [0.15, 0.2) is 18.3 Å². The third-order valence-corrected chi connectivity index (χ3v) is 2.28. The van der Waals surface area contributed by atoms with Gasteiger partial charge in [-0.05, 0) is 39.3 Å². The first-order chi connectivity index (χ1) is 7.63. The van der Waals surface area contributed by atoms with E-state index in [2.05, 4.69) is 17.2 Å². The zero-order chi connectivity index (χ0) is 12.0. The summed E-state index contributed by atoms with van der Waals surface area (Å²) < 4.78 is 5.67. The Balaban J connectivity index is 2.70. The number of hydrogen-bond donors (Lipinski definition) is 1. The average Bonchev–Trinajstić information content (AvgIpc) is 2.20. The first-order valence-corrected chi connectivity index (χ1v) is 6.11. The fourth-order valence-electron chi connectivity index (χ4n) is 1.32. The summed E-state index contributed by atoms with van der Waals surface area (Å²) >= 11 is 5.70. The summed E-state index contributed by atoms with van der Waals surface area (Å²) in [7, 11) is 0. The lowest BCUT2D eigenvalue weighted by Gasteiger charge is -2.17. The Bertz CT molecular complexity index is 318. The highest BCUT2D eigenvalue weighted by molar-refractivity contribution is 6.17. The smallest absolute Gasteiger partial charge is 0.168 e. The molecule has 3 nitrogen and oxygen atoms in total. The first-order valence-electron chi connectivity index (χ1n) is 5.57. The molecule has 1 aromatic rings. The summed E-state index contributed by atoms with van der Waals surface area (Å²) in [6.07, 6.45) is 2.80. The van der Waals surface area contributed by atoms with Crippen LogP contribution in [0.4, 0.5) is 5.82 Å². The second-order valence-corrected chi connectivity index (χ2v) is 4.42. The standard InChI is InChI=1S/C12H19ClN2O/c1-9(2)16-11-5-4-8-14-12(11)15-10(3)6-7-13/h4-5,8-10H,6-7H2,1-3H3,(H,14,15). The van der Waals surface area contributed by atoms with Crippen LogP contribution < -0.4 is 10.1 Å². The summed E-state index contributed by atoms with van der Waals surface area (Å²) in [5.41, 5.74) is 0. The fraction of sp³-hybridized carbons (Fsp3) is 0.583. The molecule has 0 aliphatic heterocycles. The summed E-state index contributed by atoms with van der Waals surface area (Å²) in [5, 5.41) is 3.30. The zero-order valence-electron chi connectivity index (χ0n) is 10.0. The summed E-state index contributed by atoms with van der Waals surface area (Å²) in [4.78, 5) is 4.27. The van der Waals surface area contributed by atoms with Crippen molar-refractivity contribution in [3.05, 3.63) is 18.3 Å². The first kappa shape index (κ1) is 13.1. The van der Waals surface area contributed by atoms with Crippen molar-refractivity contribution in [2.75, 3.05) is 11.2 Å². The molecule has 0 saturated carbocycles. The van der Waals surface area contributed by atoms with E-state index in [1.165, 1.54) is 0 Å². The Hall–Kier alpha value is -0.960. The van der Waals surface area contributed by atoms with Gasteiger partial charge in [-0.2, -0.15) is 0 Å². The number of hydrogen-bond acceptors (Lipinski definition) is 3. The molecule has 1 atom stereocenters. The minimum absolute atomic E-state index is 0.146. The van der Waals surface area contributed by atoms with E-state index >= 15 is 0 Å². The Morgan fingerprint density at radius 3 is 2.81 bits per heavy atom. The normalized spacial score (nSPS) is 12.6. The minimum atomic E-state index is 0.146. The van der Waals surface area contributed by atoms with Gasteiger partial charge in [0, 0.05) is 18.1 Å². The maximum Gasteiger partial charge on any atom is 0.168 e. The molecule has 90 valence electrons. The van der Waals surface area contributed by atoms with Gasteiger partial charge in [0.05, 0.1) is 6.10 Å². The van der Waals surface area contributed by atoms with E-state index < -0.39 is 0 Å². The summed E-state index contributed by atoms with van der Waals surface area (Å²) in [6.45, 7) is 6.08. The van der Waals surface area contributed by atoms with Crippen molar-refractivity contribution < 1.29 is 4.74 Å². The molecule has 0 bridgehead atoms. The van der Waals surface area contributed by atoms with Crippen LogP contribution in [0, 0.1) is 0 Å². The van der Waals surface area contributed by atoms with Crippen LogP contribution in [0.5, 0.6) is 5.75 Å². The number of pyridine rings is 1.